The lowest BCUT2D eigenvalue weighted by Gasteiger charge is -2.22. The molecule has 0 aliphatic carbocycles. The van der Waals surface area contributed by atoms with E-state index in [2.05, 4.69) is 15.5 Å². The molecule has 20 heavy (non-hydrogen) atoms. The van der Waals surface area contributed by atoms with E-state index in [1.165, 1.54) is 0 Å². The van der Waals surface area contributed by atoms with Gasteiger partial charge in [0.25, 0.3) is 0 Å². The van der Waals surface area contributed by atoms with E-state index in [4.69, 9.17) is 5.11 Å². The molecule has 2 rings (SSSR count). The first kappa shape index (κ1) is 14.3. The van der Waals surface area contributed by atoms with Gasteiger partial charge in [0.2, 0.25) is 11.8 Å². The number of anilines is 2. The van der Waals surface area contributed by atoms with E-state index in [-0.39, 0.29) is 24.8 Å². The third-order valence-corrected chi connectivity index (χ3v) is 3.29. The van der Waals surface area contributed by atoms with Crippen molar-refractivity contribution >= 4 is 23.2 Å². The van der Waals surface area contributed by atoms with Crippen LogP contribution in [0.25, 0.3) is 0 Å². The Labute approximate surface area is 117 Å². The van der Waals surface area contributed by atoms with Gasteiger partial charge in [-0.2, -0.15) is 0 Å². The molecule has 2 amide bonds. The lowest BCUT2D eigenvalue weighted by atomic mass is 10.2. The molecule has 1 aliphatic rings. The second kappa shape index (κ2) is 6.38. The molecule has 0 spiro atoms. The number of carbonyl (C=O) groups is 2. The van der Waals surface area contributed by atoms with Gasteiger partial charge in [0.1, 0.15) is 6.04 Å². The molecule has 1 aromatic carbocycles. The van der Waals surface area contributed by atoms with Gasteiger partial charge in [-0.15, -0.1) is 0 Å². The van der Waals surface area contributed by atoms with Gasteiger partial charge in [-0.1, -0.05) is 0 Å². The van der Waals surface area contributed by atoms with Crippen LogP contribution in [-0.2, 0) is 9.59 Å². The summed E-state index contributed by atoms with van der Waals surface area (Å²) in [6.07, 6.45) is 0.173. The number of nitrogens with one attached hydrogen (secondary N) is 2. The average Bonchev–Trinajstić information content (AvgIpc) is 2.75. The molecule has 1 fully saturated rings. The second-order valence-corrected chi connectivity index (χ2v) is 4.66. The highest BCUT2D eigenvalue weighted by Crippen LogP contribution is 2.19. The molecule has 0 aromatic heterocycles. The first-order chi connectivity index (χ1) is 9.63. The molecule has 1 saturated heterocycles. The van der Waals surface area contributed by atoms with E-state index in [1.54, 1.807) is 0 Å². The highest BCUT2D eigenvalue weighted by molar-refractivity contribution is 6.06. The number of amides is 2. The summed E-state index contributed by atoms with van der Waals surface area (Å²) < 4.78 is 0. The van der Waals surface area contributed by atoms with Crippen LogP contribution in [0.2, 0.25) is 0 Å². The van der Waals surface area contributed by atoms with E-state index in [9.17, 15) is 9.59 Å². The summed E-state index contributed by atoms with van der Waals surface area (Å²) in [5.41, 5.74) is 1.81. The van der Waals surface area contributed by atoms with Gasteiger partial charge >= 0.3 is 0 Å². The Hall–Kier alpha value is -2.08. The van der Waals surface area contributed by atoms with Crippen LogP contribution in [0.15, 0.2) is 24.3 Å². The minimum absolute atomic E-state index is 0.109. The summed E-state index contributed by atoms with van der Waals surface area (Å²) in [7, 11) is 0. The van der Waals surface area contributed by atoms with E-state index >= 15 is 0 Å². The largest absolute Gasteiger partial charge is 0.395 e. The van der Waals surface area contributed by atoms with Gasteiger partial charge in [-0.05, 0) is 31.2 Å². The summed E-state index contributed by atoms with van der Waals surface area (Å²) >= 11 is 0. The number of imide groups is 1. The SMILES string of the molecule is CCN(CCO)c1ccc(NC2CC(=O)NC2=O)cc1. The fourth-order valence-electron chi connectivity index (χ4n) is 2.23. The number of nitrogens with zero attached hydrogens (tertiary/aromatic N) is 1. The van der Waals surface area contributed by atoms with Gasteiger partial charge in [0.15, 0.2) is 0 Å². The number of carbonyl (C=O) groups excluding carboxylic acids is 2. The Bertz CT molecular complexity index is 487. The molecular weight excluding hydrogens is 258 g/mol. The molecule has 3 N–H and O–H groups in total. The lowest BCUT2D eigenvalue weighted by Crippen LogP contribution is -2.30. The fourth-order valence-corrected chi connectivity index (χ4v) is 2.23. The molecule has 108 valence electrons. The Kier molecular flexibility index (Phi) is 4.57. The quantitative estimate of drug-likeness (QED) is 0.653. The van der Waals surface area contributed by atoms with Crippen molar-refractivity contribution in [1.29, 1.82) is 0 Å². The topological polar surface area (TPSA) is 81.7 Å². The fraction of sp³-hybridized carbons (Fsp3) is 0.429. The normalized spacial score (nSPS) is 18.0. The first-order valence-electron chi connectivity index (χ1n) is 6.70. The van der Waals surface area contributed by atoms with Crippen LogP contribution in [-0.4, -0.2) is 42.7 Å². The molecule has 6 heteroatoms. The summed E-state index contributed by atoms with van der Waals surface area (Å²) in [6.45, 7) is 3.53. The van der Waals surface area contributed by atoms with Crippen LogP contribution < -0.4 is 15.5 Å². The minimum atomic E-state index is -0.493. The lowest BCUT2D eigenvalue weighted by molar-refractivity contribution is -0.124. The van der Waals surface area contributed by atoms with Crippen LogP contribution >= 0.6 is 0 Å². The molecule has 1 aromatic rings. The third-order valence-electron chi connectivity index (χ3n) is 3.29. The Morgan fingerprint density at radius 1 is 1.35 bits per heavy atom. The van der Waals surface area contributed by atoms with Crippen LogP contribution in [0.5, 0.6) is 0 Å². The van der Waals surface area contributed by atoms with Crippen LogP contribution in [0.1, 0.15) is 13.3 Å². The number of rotatable bonds is 6. The Morgan fingerprint density at radius 3 is 2.55 bits per heavy atom. The number of aliphatic hydroxyl groups excluding tert-OH is 1. The number of hydrogen-bond donors (Lipinski definition) is 3. The van der Waals surface area contributed by atoms with Crippen molar-refractivity contribution in [2.45, 2.75) is 19.4 Å². The number of likely N-dealkylation sites (N-methyl/N-ethyl adjacent to an activating group) is 1. The van der Waals surface area contributed by atoms with Crippen LogP contribution in [0, 0.1) is 0 Å². The summed E-state index contributed by atoms with van der Waals surface area (Å²) in [5, 5.41) is 14.3. The number of benzene rings is 1. The predicted octanol–water partition coefficient (Wildman–Crippen LogP) is 0.332. The Morgan fingerprint density at radius 2 is 2.05 bits per heavy atom. The van der Waals surface area contributed by atoms with Crippen molar-refractivity contribution in [3.63, 3.8) is 0 Å². The van der Waals surface area contributed by atoms with Gasteiger partial charge in [-0.3, -0.25) is 14.9 Å². The third kappa shape index (κ3) is 3.27. The average molecular weight is 277 g/mol. The van der Waals surface area contributed by atoms with Gasteiger partial charge in [0.05, 0.1) is 13.0 Å². The van der Waals surface area contributed by atoms with Gasteiger partial charge in [-0.25, -0.2) is 0 Å². The monoisotopic (exact) mass is 277 g/mol. The maximum Gasteiger partial charge on any atom is 0.249 e. The molecule has 1 aliphatic heterocycles. The second-order valence-electron chi connectivity index (χ2n) is 4.66. The summed E-state index contributed by atoms with van der Waals surface area (Å²) in [6, 6.07) is 7.09. The van der Waals surface area contributed by atoms with E-state index in [0.29, 0.717) is 6.54 Å². The summed E-state index contributed by atoms with van der Waals surface area (Å²) in [5.74, 6) is -0.529. The smallest absolute Gasteiger partial charge is 0.249 e. The van der Waals surface area contributed by atoms with Crippen molar-refractivity contribution in [2.75, 3.05) is 29.9 Å². The molecule has 1 unspecified atom stereocenters. The molecule has 1 heterocycles. The standard InChI is InChI=1S/C14H19N3O3/c1-2-17(7-8-18)11-5-3-10(4-6-11)15-12-9-13(19)16-14(12)20/h3-6,12,15,18H,2,7-9H2,1H3,(H,16,19,20). The molecule has 0 radical (unpaired) electrons. The zero-order chi connectivity index (χ0) is 14.5. The van der Waals surface area contributed by atoms with Crippen LogP contribution in [0.3, 0.4) is 0 Å². The van der Waals surface area contributed by atoms with E-state index in [1.807, 2.05) is 31.2 Å². The van der Waals surface area contributed by atoms with Gasteiger partial charge in [0, 0.05) is 24.5 Å². The molecular formula is C14H19N3O3. The number of aliphatic hydroxyl groups is 1. The molecule has 6 nitrogen and oxygen atoms in total. The number of hydrogen-bond acceptors (Lipinski definition) is 5. The Balaban J connectivity index is 2.01. The minimum Gasteiger partial charge on any atom is -0.395 e. The molecule has 0 saturated carbocycles. The maximum atomic E-state index is 11.5. The zero-order valence-corrected chi connectivity index (χ0v) is 11.4. The maximum absolute atomic E-state index is 11.5. The highest BCUT2D eigenvalue weighted by Gasteiger charge is 2.30. The molecule has 1 atom stereocenters. The van der Waals surface area contributed by atoms with E-state index in [0.717, 1.165) is 17.9 Å². The highest BCUT2D eigenvalue weighted by atomic mass is 16.3. The van der Waals surface area contributed by atoms with Crippen molar-refractivity contribution in [3.05, 3.63) is 24.3 Å². The summed E-state index contributed by atoms with van der Waals surface area (Å²) in [4.78, 5) is 24.6. The molecule has 0 bridgehead atoms. The van der Waals surface area contributed by atoms with Crippen molar-refractivity contribution < 1.29 is 14.7 Å². The predicted molar refractivity (Wildman–Crippen MR) is 76.6 cm³/mol. The van der Waals surface area contributed by atoms with Crippen molar-refractivity contribution in [2.24, 2.45) is 0 Å². The van der Waals surface area contributed by atoms with Crippen molar-refractivity contribution in [1.82, 2.24) is 5.32 Å². The first-order valence-corrected chi connectivity index (χ1v) is 6.70. The van der Waals surface area contributed by atoms with E-state index < -0.39 is 6.04 Å². The van der Waals surface area contributed by atoms with Crippen LogP contribution in [0.4, 0.5) is 11.4 Å². The zero-order valence-electron chi connectivity index (χ0n) is 11.4. The van der Waals surface area contributed by atoms with Crippen molar-refractivity contribution in [3.8, 4) is 0 Å². The van der Waals surface area contributed by atoms with Gasteiger partial charge < -0.3 is 15.3 Å².